The first-order chi connectivity index (χ1) is 13.7. The molecule has 1 aliphatic carbocycles. The molecule has 3 atom stereocenters. The maximum absolute atomic E-state index is 12.2. The molecule has 1 fully saturated rings. The fourth-order valence-corrected chi connectivity index (χ4v) is 4.47. The molecule has 2 aliphatic rings. The van der Waals surface area contributed by atoms with E-state index in [4.69, 9.17) is 14.5 Å². The van der Waals surface area contributed by atoms with Gasteiger partial charge in [-0.2, -0.15) is 0 Å². The quantitative estimate of drug-likeness (QED) is 0.641. The van der Waals surface area contributed by atoms with Gasteiger partial charge in [0.15, 0.2) is 0 Å². The van der Waals surface area contributed by atoms with E-state index in [0.717, 1.165) is 28.8 Å². The minimum Gasteiger partial charge on any atom is -0.497 e. The Morgan fingerprint density at radius 1 is 1.14 bits per heavy atom. The molecule has 1 aromatic heterocycles. The number of esters is 1. The highest BCUT2D eigenvalue weighted by atomic mass is 16.5. The summed E-state index contributed by atoms with van der Waals surface area (Å²) in [5.74, 6) is 1.09. The Labute approximate surface area is 163 Å². The van der Waals surface area contributed by atoms with Crippen LogP contribution in [0.25, 0.3) is 17.0 Å². The van der Waals surface area contributed by atoms with E-state index in [-0.39, 0.29) is 23.7 Å². The van der Waals surface area contributed by atoms with Gasteiger partial charge in [0.2, 0.25) is 0 Å². The average molecular weight is 371 g/mol. The van der Waals surface area contributed by atoms with Crippen molar-refractivity contribution in [1.82, 2.24) is 4.98 Å². The number of rotatable bonds is 3. The van der Waals surface area contributed by atoms with Gasteiger partial charge in [0.05, 0.1) is 30.8 Å². The number of benzene rings is 2. The van der Waals surface area contributed by atoms with Gasteiger partial charge in [0, 0.05) is 17.2 Å². The van der Waals surface area contributed by atoms with E-state index in [1.54, 1.807) is 7.11 Å². The highest BCUT2D eigenvalue weighted by Gasteiger charge is 2.44. The van der Waals surface area contributed by atoms with Crippen molar-refractivity contribution in [2.75, 3.05) is 13.7 Å². The topological polar surface area (TPSA) is 48.4 Å². The Morgan fingerprint density at radius 3 is 2.93 bits per heavy atom. The van der Waals surface area contributed by atoms with Crippen LogP contribution in [0.2, 0.25) is 0 Å². The van der Waals surface area contributed by atoms with Gasteiger partial charge in [-0.3, -0.25) is 4.79 Å². The molecule has 0 radical (unpaired) electrons. The number of fused-ring (bicyclic) bond motifs is 3. The van der Waals surface area contributed by atoms with Crippen LogP contribution in [0.3, 0.4) is 0 Å². The zero-order chi connectivity index (χ0) is 19.1. The molecule has 2 heterocycles. The maximum atomic E-state index is 12.2. The third-order valence-corrected chi connectivity index (χ3v) is 5.95. The van der Waals surface area contributed by atoms with E-state index in [1.807, 2.05) is 30.3 Å². The van der Waals surface area contributed by atoms with Gasteiger partial charge in [0.25, 0.3) is 0 Å². The molecule has 4 nitrogen and oxygen atoms in total. The SMILES string of the molecule is COc1ccc2nc(/C=C/[C@H]3c4ccccc4CC4C(=O)OCC43)ccc2c1. The van der Waals surface area contributed by atoms with Crippen molar-refractivity contribution in [1.29, 1.82) is 0 Å². The molecule has 0 amide bonds. The lowest BCUT2D eigenvalue weighted by molar-refractivity contribution is -0.141. The Hall–Kier alpha value is -3.14. The number of carbonyl (C=O) groups is 1. The number of carbonyl (C=O) groups excluding carboxylic acids is 1. The van der Waals surface area contributed by atoms with Gasteiger partial charge in [-0.25, -0.2) is 4.98 Å². The van der Waals surface area contributed by atoms with Gasteiger partial charge >= 0.3 is 5.97 Å². The first-order valence-corrected chi connectivity index (χ1v) is 9.60. The van der Waals surface area contributed by atoms with Crippen molar-refractivity contribution in [3.05, 3.63) is 77.5 Å². The molecule has 3 aromatic rings. The molecule has 0 bridgehead atoms. The molecule has 4 heteroatoms. The fourth-order valence-electron chi connectivity index (χ4n) is 4.47. The minimum atomic E-state index is -0.0596. The number of pyridine rings is 1. The summed E-state index contributed by atoms with van der Waals surface area (Å²) in [7, 11) is 1.67. The van der Waals surface area contributed by atoms with Gasteiger partial charge < -0.3 is 9.47 Å². The third-order valence-electron chi connectivity index (χ3n) is 5.95. The van der Waals surface area contributed by atoms with Crippen molar-refractivity contribution >= 4 is 22.9 Å². The smallest absolute Gasteiger partial charge is 0.309 e. The number of methoxy groups -OCH3 is 1. The van der Waals surface area contributed by atoms with Crippen LogP contribution in [0, 0.1) is 11.8 Å². The maximum Gasteiger partial charge on any atom is 0.309 e. The Balaban J connectivity index is 1.49. The molecule has 1 saturated heterocycles. The van der Waals surface area contributed by atoms with Crippen LogP contribution in [0.15, 0.2) is 60.7 Å². The number of nitrogens with zero attached hydrogens (tertiary/aromatic N) is 1. The second-order valence-electron chi connectivity index (χ2n) is 7.48. The van der Waals surface area contributed by atoms with E-state index in [0.29, 0.717) is 6.61 Å². The van der Waals surface area contributed by atoms with Crippen LogP contribution in [0.5, 0.6) is 5.75 Å². The van der Waals surface area contributed by atoms with Crippen molar-refractivity contribution in [2.45, 2.75) is 12.3 Å². The van der Waals surface area contributed by atoms with Crippen LogP contribution < -0.4 is 4.74 Å². The number of hydrogen-bond donors (Lipinski definition) is 0. The van der Waals surface area contributed by atoms with E-state index in [2.05, 4.69) is 36.4 Å². The molecule has 140 valence electrons. The van der Waals surface area contributed by atoms with E-state index >= 15 is 0 Å². The zero-order valence-electron chi connectivity index (χ0n) is 15.7. The normalized spacial score (nSPS) is 23.5. The van der Waals surface area contributed by atoms with Gasteiger partial charge in [-0.15, -0.1) is 0 Å². The summed E-state index contributed by atoms with van der Waals surface area (Å²) < 4.78 is 10.7. The first-order valence-electron chi connectivity index (χ1n) is 9.60. The molecular weight excluding hydrogens is 350 g/mol. The molecular formula is C24H21NO3. The predicted molar refractivity (Wildman–Crippen MR) is 108 cm³/mol. The van der Waals surface area contributed by atoms with E-state index in [9.17, 15) is 4.79 Å². The lowest BCUT2D eigenvalue weighted by Crippen LogP contribution is -2.29. The van der Waals surface area contributed by atoms with Gasteiger partial charge in [0.1, 0.15) is 5.75 Å². The van der Waals surface area contributed by atoms with E-state index < -0.39 is 0 Å². The highest BCUT2D eigenvalue weighted by molar-refractivity contribution is 5.81. The van der Waals surface area contributed by atoms with Crippen molar-refractivity contribution in [2.24, 2.45) is 11.8 Å². The number of allylic oxidation sites excluding steroid dienone is 1. The molecule has 0 saturated carbocycles. The molecule has 28 heavy (non-hydrogen) atoms. The van der Waals surface area contributed by atoms with E-state index in [1.165, 1.54) is 11.1 Å². The largest absolute Gasteiger partial charge is 0.497 e. The number of aromatic nitrogens is 1. The number of cyclic esters (lactones) is 1. The molecule has 0 spiro atoms. The Morgan fingerprint density at radius 2 is 2.04 bits per heavy atom. The monoisotopic (exact) mass is 371 g/mol. The van der Waals surface area contributed by atoms with Crippen LogP contribution in [0.1, 0.15) is 22.7 Å². The lowest BCUT2D eigenvalue weighted by Gasteiger charge is -2.31. The summed E-state index contributed by atoms with van der Waals surface area (Å²) in [6.45, 7) is 0.498. The fraction of sp³-hybridized carbons (Fsp3) is 0.250. The summed E-state index contributed by atoms with van der Waals surface area (Å²) >= 11 is 0. The molecule has 0 N–H and O–H groups in total. The zero-order valence-corrected chi connectivity index (χ0v) is 15.7. The second kappa shape index (κ2) is 6.79. The highest BCUT2D eigenvalue weighted by Crippen LogP contribution is 2.44. The number of ether oxygens (including phenoxy) is 2. The lowest BCUT2D eigenvalue weighted by atomic mass is 9.70. The summed E-state index contributed by atoms with van der Waals surface area (Å²) in [5, 5.41) is 1.05. The van der Waals surface area contributed by atoms with Crippen LogP contribution in [0.4, 0.5) is 0 Å². The average Bonchev–Trinajstić information content (AvgIpc) is 3.11. The Kier molecular flexibility index (Phi) is 4.12. The molecule has 2 unspecified atom stereocenters. The van der Waals surface area contributed by atoms with Crippen LogP contribution in [-0.2, 0) is 16.0 Å². The first kappa shape index (κ1) is 17.0. The van der Waals surface area contributed by atoms with Crippen molar-refractivity contribution in [3.8, 4) is 5.75 Å². The van der Waals surface area contributed by atoms with Crippen LogP contribution >= 0.6 is 0 Å². The summed E-state index contributed by atoms with van der Waals surface area (Å²) in [4.78, 5) is 16.9. The standard InChI is InChI=1S/C24H21NO3/c1-27-18-9-11-23-16(12-18)6-7-17(25-23)8-10-20-19-5-3-2-4-15(19)13-21-22(20)14-28-24(21)26/h2-12,20-22H,13-14H2,1H3/b10-8+/t20-,21?,22?/m0/s1. The number of hydrogen-bond acceptors (Lipinski definition) is 4. The summed E-state index contributed by atoms with van der Waals surface area (Å²) in [6.07, 6.45) is 5.03. The minimum absolute atomic E-state index is 0.0402. The Bertz CT molecular complexity index is 1090. The summed E-state index contributed by atoms with van der Waals surface area (Å²) in [6, 6.07) is 18.4. The van der Waals surface area contributed by atoms with Crippen molar-refractivity contribution in [3.63, 3.8) is 0 Å². The molecule has 1 aliphatic heterocycles. The van der Waals surface area contributed by atoms with Crippen LogP contribution in [-0.4, -0.2) is 24.7 Å². The molecule has 5 rings (SSSR count). The predicted octanol–water partition coefficient (Wildman–Crippen LogP) is 4.39. The van der Waals surface area contributed by atoms with Gasteiger partial charge in [-0.1, -0.05) is 36.4 Å². The second-order valence-corrected chi connectivity index (χ2v) is 7.48. The van der Waals surface area contributed by atoms with Crippen molar-refractivity contribution < 1.29 is 14.3 Å². The summed E-state index contributed by atoms with van der Waals surface area (Å²) in [5.41, 5.74) is 4.38. The third kappa shape index (κ3) is 2.85. The molecule has 2 aromatic carbocycles. The van der Waals surface area contributed by atoms with Gasteiger partial charge in [-0.05, 0) is 47.9 Å².